The van der Waals surface area contributed by atoms with Gasteiger partial charge in [0.1, 0.15) is 6.04 Å². The fraction of sp³-hybridized carbons (Fsp3) is 0.590. The number of rotatable bonds is 12. The summed E-state index contributed by atoms with van der Waals surface area (Å²) in [6.45, 7) is 20.1. The number of hydrogen-bond donors (Lipinski definition) is 2. The quantitative estimate of drug-likeness (QED) is 0.150. The zero-order valence-electron chi connectivity index (χ0n) is 30.2. The monoisotopic (exact) mass is 672 g/mol. The molecule has 1 saturated carbocycles. The van der Waals surface area contributed by atoms with Crippen molar-refractivity contribution in [3.8, 4) is 12.3 Å². The van der Waals surface area contributed by atoms with Gasteiger partial charge in [0.25, 0.3) is 11.8 Å². The molecule has 2 unspecified atom stereocenters. The van der Waals surface area contributed by atoms with Gasteiger partial charge in [0.05, 0.1) is 12.5 Å². The Kier molecular flexibility index (Phi) is 10.7. The van der Waals surface area contributed by atoms with E-state index in [9.17, 15) is 28.8 Å². The molecule has 0 spiro atoms. The van der Waals surface area contributed by atoms with E-state index in [2.05, 4.69) is 37.0 Å². The van der Waals surface area contributed by atoms with Crippen LogP contribution >= 0.6 is 0 Å². The first-order chi connectivity index (χ1) is 22.8. The number of ketones is 1. The molecule has 5 amide bonds. The lowest BCUT2D eigenvalue weighted by Crippen LogP contribution is -2.59. The molecule has 1 aromatic carbocycles. The molecule has 0 bridgehead atoms. The molecule has 0 aromatic heterocycles. The lowest BCUT2D eigenvalue weighted by molar-refractivity contribution is -0.152. The van der Waals surface area contributed by atoms with E-state index in [0.29, 0.717) is 17.7 Å². The van der Waals surface area contributed by atoms with E-state index in [0.717, 1.165) is 0 Å². The molecule has 1 saturated heterocycles. The number of Topliss-reactive ketones (excluding diaryl/α,β-unsaturated/α-hetero) is 1. The SMILES string of the molecule is C#CCCC(NC(=O)[C@@H]1[C@@H]2[C@H](CN1C(=O)C([C@H](CN1C(=O)Cc3ccccc3C1=O)C(C)(C)C)C(C)(C)C)C2(C)C)C(=O)C(=O)NCC=C. The lowest BCUT2D eigenvalue weighted by atomic mass is 9.63. The van der Waals surface area contributed by atoms with E-state index < -0.39 is 52.3 Å². The summed E-state index contributed by atoms with van der Waals surface area (Å²) in [5.74, 6) is -1.82. The van der Waals surface area contributed by atoms with Crippen LogP contribution in [-0.2, 0) is 30.4 Å². The number of nitrogens with one attached hydrogen (secondary N) is 2. The fourth-order valence-electron chi connectivity index (χ4n) is 7.96. The van der Waals surface area contributed by atoms with Crippen LogP contribution in [0.1, 0.15) is 84.2 Å². The van der Waals surface area contributed by atoms with Gasteiger partial charge in [-0.3, -0.25) is 33.7 Å². The lowest BCUT2D eigenvalue weighted by Gasteiger charge is -2.47. The van der Waals surface area contributed by atoms with Gasteiger partial charge < -0.3 is 15.5 Å². The minimum absolute atomic E-state index is 0.0503. The molecule has 6 atom stereocenters. The summed E-state index contributed by atoms with van der Waals surface area (Å²) in [5, 5.41) is 5.26. The molecule has 2 N–H and O–H groups in total. The number of imide groups is 1. The third-order valence-electron chi connectivity index (χ3n) is 10.8. The van der Waals surface area contributed by atoms with Gasteiger partial charge in [0.15, 0.2) is 0 Å². The van der Waals surface area contributed by atoms with Crippen molar-refractivity contribution in [2.45, 2.75) is 86.7 Å². The number of benzene rings is 1. The van der Waals surface area contributed by atoms with Crippen LogP contribution in [0.15, 0.2) is 36.9 Å². The highest BCUT2D eigenvalue weighted by Gasteiger charge is 2.70. The van der Waals surface area contributed by atoms with Gasteiger partial charge in [-0.15, -0.1) is 18.9 Å². The second-order valence-electron chi connectivity index (χ2n) is 16.5. The Hall–Kier alpha value is -4.26. The van der Waals surface area contributed by atoms with Gasteiger partial charge in [-0.25, -0.2) is 0 Å². The standard InChI is InChI=1S/C39H52N4O6/c1-11-13-18-27(32(45)34(47)40-19-12-2)41-33(46)31-29-26(39(29,9)10)22-43(31)36(49)30(38(6,7)8)25(37(3,4)5)21-42-28(44)20-23-16-14-15-17-24(23)35(42)48/h1,12,14-17,25-27,29-31H,2,13,18-22H2,3-10H3,(H,40,47)(H,41,46)/t25-,26-,27?,29-,30?,31-/m0/s1. The van der Waals surface area contributed by atoms with Crippen molar-refractivity contribution in [2.75, 3.05) is 19.6 Å². The Labute approximate surface area is 290 Å². The van der Waals surface area contributed by atoms with E-state index >= 15 is 0 Å². The molecule has 3 aliphatic rings. The van der Waals surface area contributed by atoms with Gasteiger partial charge in [-0.1, -0.05) is 79.7 Å². The van der Waals surface area contributed by atoms with E-state index in [1.165, 1.54) is 11.0 Å². The van der Waals surface area contributed by atoms with Crippen molar-refractivity contribution in [1.82, 2.24) is 20.4 Å². The highest BCUT2D eigenvalue weighted by atomic mass is 16.2. The predicted octanol–water partition coefficient (Wildman–Crippen LogP) is 3.79. The molecule has 2 fully saturated rings. The van der Waals surface area contributed by atoms with Gasteiger partial charge in [-0.05, 0) is 52.0 Å². The molecule has 2 heterocycles. The van der Waals surface area contributed by atoms with Crippen LogP contribution in [0.25, 0.3) is 0 Å². The smallest absolute Gasteiger partial charge is 0.289 e. The molecule has 1 aromatic rings. The Morgan fingerprint density at radius 1 is 1.08 bits per heavy atom. The molecule has 2 aliphatic heterocycles. The average Bonchev–Trinajstić information content (AvgIpc) is 3.32. The molecule has 10 heteroatoms. The van der Waals surface area contributed by atoms with Crippen LogP contribution in [0, 0.1) is 52.3 Å². The van der Waals surface area contributed by atoms with Crippen molar-refractivity contribution in [1.29, 1.82) is 0 Å². The summed E-state index contributed by atoms with van der Waals surface area (Å²) < 4.78 is 0. The number of carbonyl (C=O) groups excluding carboxylic acids is 6. The van der Waals surface area contributed by atoms with Gasteiger partial charge >= 0.3 is 0 Å². The number of terminal acetylenes is 1. The second kappa shape index (κ2) is 13.9. The maximum atomic E-state index is 15.0. The number of nitrogens with zero attached hydrogens (tertiary/aromatic N) is 2. The Bertz CT molecular complexity index is 1570. The largest absolute Gasteiger partial charge is 0.346 e. The van der Waals surface area contributed by atoms with Gasteiger partial charge in [0, 0.05) is 37.5 Å². The normalized spacial score (nSPS) is 23.0. The zero-order valence-corrected chi connectivity index (χ0v) is 30.2. The van der Waals surface area contributed by atoms with Gasteiger partial charge in [-0.2, -0.15) is 0 Å². The maximum Gasteiger partial charge on any atom is 0.289 e. The molecular weight excluding hydrogens is 620 g/mol. The van der Waals surface area contributed by atoms with Crippen LogP contribution in [-0.4, -0.2) is 76.8 Å². The van der Waals surface area contributed by atoms with Crippen molar-refractivity contribution < 1.29 is 28.8 Å². The molecule has 4 rings (SSSR count). The zero-order chi connectivity index (χ0) is 36.6. The Balaban J connectivity index is 1.67. The van der Waals surface area contributed by atoms with Crippen LogP contribution in [0.2, 0.25) is 0 Å². The highest BCUT2D eigenvalue weighted by Crippen LogP contribution is 2.65. The fourth-order valence-corrected chi connectivity index (χ4v) is 7.96. The first kappa shape index (κ1) is 37.6. The summed E-state index contributed by atoms with van der Waals surface area (Å²) in [6, 6.07) is 5.06. The number of amides is 5. The molecular formula is C39H52N4O6. The number of carbonyl (C=O) groups is 6. The maximum absolute atomic E-state index is 15.0. The molecule has 1 aliphatic carbocycles. The molecule has 10 nitrogen and oxygen atoms in total. The van der Waals surface area contributed by atoms with Crippen molar-refractivity contribution >= 4 is 35.3 Å². The third kappa shape index (κ3) is 7.51. The van der Waals surface area contributed by atoms with E-state index in [-0.39, 0.29) is 67.3 Å². The van der Waals surface area contributed by atoms with Crippen molar-refractivity contribution in [3.63, 3.8) is 0 Å². The molecule has 49 heavy (non-hydrogen) atoms. The average molecular weight is 673 g/mol. The predicted molar refractivity (Wildman–Crippen MR) is 187 cm³/mol. The summed E-state index contributed by atoms with van der Waals surface area (Å²) >= 11 is 0. The minimum atomic E-state index is -1.16. The number of fused-ring (bicyclic) bond motifs is 2. The van der Waals surface area contributed by atoms with Crippen molar-refractivity contribution in [2.24, 2.45) is 39.9 Å². The van der Waals surface area contributed by atoms with Crippen molar-refractivity contribution in [3.05, 3.63) is 48.0 Å². The van der Waals surface area contributed by atoms with Crippen LogP contribution in [0.3, 0.4) is 0 Å². The number of likely N-dealkylation sites (tertiary alicyclic amines) is 1. The first-order valence-corrected chi connectivity index (χ1v) is 17.2. The molecule has 0 radical (unpaired) electrons. The Morgan fingerprint density at radius 3 is 2.33 bits per heavy atom. The summed E-state index contributed by atoms with van der Waals surface area (Å²) in [4.78, 5) is 84.9. The first-order valence-electron chi connectivity index (χ1n) is 17.2. The summed E-state index contributed by atoms with van der Waals surface area (Å²) in [5.41, 5.74) is -0.170. The highest BCUT2D eigenvalue weighted by molar-refractivity contribution is 6.38. The second-order valence-corrected chi connectivity index (χ2v) is 16.5. The topological polar surface area (TPSA) is 133 Å². The minimum Gasteiger partial charge on any atom is -0.346 e. The third-order valence-corrected chi connectivity index (χ3v) is 10.8. The molecule has 264 valence electrons. The van der Waals surface area contributed by atoms with E-state index in [1.54, 1.807) is 29.2 Å². The van der Waals surface area contributed by atoms with Gasteiger partial charge in [0.2, 0.25) is 23.5 Å². The summed E-state index contributed by atoms with van der Waals surface area (Å²) in [6.07, 6.45) is 7.25. The van der Waals surface area contributed by atoms with Crippen LogP contribution in [0.4, 0.5) is 0 Å². The van der Waals surface area contributed by atoms with E-state index in [1.807, 2.05) is 41.5 Å². The number of piperidine rings is 1. The Morgan fingerprint density at radius 2 is 1.73 bits per heavy atom. The van der Waals surface area contributed by atoms with E-state index in [4.69, 9.17) is 6.42 Å². The summed E-state index contributed by atoms with van der Waals surface area (Å²) in [7, 11) is 0. The van der Waals surface area contributed by atoms with Crippen LogP contribution < -0.4 is 10.6 Å². The van der Waals surface area contributed by atoms with Crippen LogP contribution in [0.5, 0.6) is 0 Å². The number of hydrogen-bond acceptors (Lipinski definition) is 6.